The van der Waals surface area contributed by atoms with Gasteiger partial charge in [-0.2, -0.15) is 5.26 Å². The van der Waals surface area contributed by atoms with Crippen LogP contribution in [0.1, 0.15) is 18.1 Å². The van der Waals surface area contributed by atoms with Crippen LogP contribution in [-0.4, -0.2) is 24.7 Å². The summed E-state index contributed by atoms with van der Waals surface area (Å²) in [5, 5.41) is 8.92. The first-order valence-corrected chi connectivity index (χ1v) is 8.99. The quantitative estimate of drug-likeness (QED) is 0.758. The second-order valence-corrected chi connectivity index (χ2v) is 6.74. The van der Waals surface area contributed by atoms with Gasteiger partial charge in [0.25, 0.3) is 11.8 Å². The van der Waals surface area contributed by atoms with E-state index in [1.807, 2.05) is 13.0 Å². The SMILES string of the molecule is CCSC1=C(c2ccc(OC)cc2)C(=O)N(c2ccc(C#N)cc2)C1=O. The summed E-state index contributed by atoms with van der Waals surface area (Å²) in [6.45, 7) is 1.94. The van der Waals surface area contributed by atoms with Crippen LogP contribution in [0.2, 0.25) is 0 Å². The summed E-state index contributed by atoms with van der Waals surface area (Å²) in [5.41, 5.74) is 2.00. The van der Waals surface area contributed by atoms with Crippen molar-refractivity contribution >= 4 is 34.8 Å². The molecule has 0 spiro atoms. The lowest BCUT2D eigenvalue weighted by Crippen LogP contribution is -2.31. The molecule has 0 bridgehead atoms. The molecular weight excluding hydrogens is 348 g/mol. The minimum Gasteiger partial charge on any atom is -0.497 e. The van der Waals surface area contributed by atoms with Crippen LogP contribution >= 0.6 is 11.8 Å². The molecule has 2 amide bonds. The van der Waals surface area contributed by atoms with Gasteiger partial charge in [-0.05, 0) is 47.7 Å². The van der Waals surface area contributed by atoms with Gasteiger partial charge < -0.3 is 4.74 Å². The molecule has 130 valence electrons. The van der Waals surface area contributed by atoms with Gasteiger partial charge in [0.15, 0.2) is 0 Å². The highest BCUT2D eigenvalue weighted by molar-refractivity contribution is 8.04. The molecule has 1 heterocycles. The van der Waals surface area contributed by atoms with Crippen LogP contribution in [0.3, 0.4) is 0 Å². The van der Waals surface area contributed by atoms with E-state index in [9.17, 15) is 9.59 Å². The van der Waals surface area contributed by atoms with E-state index in [0.29, 0.717) is 38.8 Å². The fourth-order valence-electron chi connectivity index (χ4n) is 2.72. The van der Waals surface area contributed by atoms with E-state index in [-0.39, 0.29) is 11.8 Å². The van der Waals surface area contributed by atoms with Crippen LogP contribution in [0.4, 0.5) is 5.69 Å². The van der Waals surface area contributed by atoms with Gasteiger partial charge in [-0.15, -0.1) is 11.8 Å². The number of methoxy groups -OCH3 is 1. The van der Waals surface area contributed by atoms with E-state index in [4.69, 9.17) is 10.00 Å². The zero-order chi connectivity index (χ0) is 18.7. The number of thioether (sulfide) groups is 1. The standard InChI is InChI=1S/C20H16N2O3S/c1-3-26-18-17(14-6-10-16(25-2)11-7-14)19(23)22(20(18)24)15-8-4-13(12-21)5-9-15/h4-11H,3H2,1-2H3. The zero-order valence-electron chi connectivity index (χ0n) is 14.4. The lowest BCUT2D eigenvalue weighted by molar-refractivity contribution is -0.119. The number of carbonyl (C=O) groups excluding carboxylic acids is 2. The van der Waals surface area contributed by atoms with Crippen molar-refractivity contribution in [1.29, 1.82) is 5.26 Å². The lowest BCUT2D eigenvalue weighted by Gasteiger charge is -2.15. The maximum Gasteiger partial charge on any atom is 0.272 e. The molecule has 1 aliphatic rings. The summed E-state index contributed by atoms with van der Waals surface area (Å²) in [5.74, 6) is 0.660. The van der Waals surface area contributed by atoms with Gasteiger partial charge in [0.05, 0.1) is 34.9 Å². The monoisotopic (exact) mass is 364 g/mol. The molecule has 0 aromatic heterocycles. The van der Waals surface area contributed by atoms with Gasteiger partial charge in [0, 0.05) is 0 Å². The van der Waals surface area contributed by atoms with E-state index in [1.54, 1.807) is 55.6 Å². The normalized spacial score (nSPS) is 14.0. The van der Waals surface area contributed by atoms with Crippen molar-refractivity contribution in [3.63, 3.8) is 0 Å². The van der Waals surface area contributed by atoms with Gasteiger partial charge in [-0.1, -0.05) is 19.1 Å². The van der Waals surface area contributed by atoms with Crippen molar-refractivity contribution in [2.75, 3.05) is 17.8 Å². The average molecular weight is 364 g/mol. The minimum atomic E-state index is -0.360. The summed E-state index contributed by atoms with van der Waals surface area (Å²) in [7, 11) is 1.57. The van der Waals surface area contributed by atoms with E-state index in [1.165, 1.54) is 16.7 Å². The third-order valence-corrected chi connectivity index (χ3v) is 4.92. The fourth-order valence-corrected chi connectivity index (χ4v) is 3.57. The Balaban J connectivity index is 2.04. The van der Waals surface area contributed by atoms with Crippen LogP contribution in [0.5, 0.6) is 5.75 Å². The van der Waals surface area contributed by atoms with Crippen molar-refractivity contribution in [2.24, 2.45) is 0 Å². The smallest absolute Gasteiger partial charge is 0.272 e. The van der Waals surface area contributed by atoms with Crippen LogP contribution in [0.25, 0.3) is 5.57 Å². The molecule has 0 saturated heterocycles. The highest BCUT2D eigenvalue weighted by Gasteiger charge is 2.39. The van der Waals surface area contributed by atoms with Gasteiger partial charge in [-0.25, -0.2) is 4.90 Å². The van der Waals surface area contributed by atoms with Crippen LogP contribution in [0, 0.1) is 11.3 Å². The number of nitriles is 1. The Labute approximate surface area is 155 Å². The lowest BCUT2D eigenvalue weighted by atomic mass is 10.1. The summed E-state index contributed by atoms with van der Waals surface area (Å²) in [4.78, 5) is 27.6. The van der Waals surface area contributed by atoms with Crippen molar-refractivity contribution < 1.29 is 14.3 Å². The number of anilines is 1. The van der Waals surface area contributed by atoms with E-state index >= 15 is 0 Å². The largest absolute Gasteiger partial charge is 0.497 e. The number of carbonyl (C=O) groups is 2. The second kappa shape index (κ2) is 7.46. The van der Waals surface area contributed by atoms with Crippen LogP contribution < -0.4 is 9.64 Å². The molecule has 1 aliphatic heterocycles. The molecule has 5 nitrogen and oxygen atoms in total. The second-order valence-electron chi connectivity index (χ2n) is 5.47. The Morgan fingerprint density at radius 2 is 1.69 bits per heavy atom. The number of rotatable bonds is 5. The maximum absolute atomic E-state index is 13.0. The molecule has 26 heavy (non-hydrogen) atoms. The molecule has 0 fully saturated rings. The topological polar surface area (TPSA) is 70.4 Å². The Bertz CT molecular complexity index is 925. The Morgan fingerprint density at radius 1 is 1.04 bits per heavy atom. The number of hydrogen-bond acceptors (Lipinski definition) is 5. The first kappa shape index (κ1) is 17.8. The third kappa shape index (κ3) is 3.09. The molecule has 0 unspecified atom stereocenters. The first-order valence-electron chi connectivity index (χ1n) is 8.01. The van der Waals surface area contributed by atoms with Crippen molar-refractivity contribution in [1.82, 2.24) is 0 Å². The minimum absolute atomic E-state index is 0.336. The molecule has 0 aliphatic carbocycles. The predicted octanol–water partition coefficient (Wildman–Crippen LogP) is 3.60. The van der Waals surface area contributed by atoms with E-state index in [2.05, 4.69) is 0 Å². The first-order chi connectivity index (χ1) is 12.6. The summed E-state index contributed by atoms with van der Waals surface area (Å²) in [6.07, 6.45) is 0. The Hall–Kier alpha value is -3.04. The van der Waals surface area contributed by atoms with Gasteiger partial charge in [0.1, 0.15) is 5.75 Å². The van der Waals surface area contributed by atoms with E-state index < -0.39 is 0 Å². The summed E-state index contributed by atoms with van der Waals surface area (Å²) in [6, 6.07) is 15.5. The van der Waals surface area contributed by atoms with Crippen LogP contribution in [0.15, 0.2) is 53.4 Å². The highest BCUT2D eigenvalue weighted by atomic mass is 32.2. The van der Waals surface area contributed by atoms with E-state index in [0.717, 1.165) is 0 Å². The number of hydrogen-bond donors (Lipinski definition) is 0. The Morgan fingerprint density at radius 3 is 2.23 bits per heavy atom. The predicted molar refractivity (Wildman–Crippen MR) is 102 cm³/mol. The van der Waals surface area contributed by atoms with Crippen LogP contribution in [-0.2, 0) is 9.59 Å². The maximum atomic E-state index is 13.0. The number of benzene rings is 2. The van der Waals surface area contributed by atoms with Crippen molar-refractivity contribution in [2.45, 2.75) is 6.92 Å². The molecule has 0 N–H and O–H groups in total. The molecule has 0 radical (unpaired) electrons. The molecule has 3 rings (SSSR count). The molecule has 6 heteroatoms. The highest BCUT2D eigenvalue weighted by Crippen LogP contribution is 2.38. The zero-order valence-corrected chi connectivity index (χ0v) is 15.2. The van der Waals surface area contributed by atoms with Gasteiger partial charge >= 0.3 is 0 Å². The summed E-state index contributed by atoms with van der Waals surface area (Å²) >= 11 is 1.35. The van der Waals surface area contributed by atoms with Crippen molar-refractivity contribution in [3.05, 3.63) is 64.6 Å². The molecule has 2 aromatic carbocycles. The van der Waals surface area contributed by atoms with Gasteiger partial charge in [-0.3, -0.25) is 9.59 Å². The van der Waals surface area contributed by atoms with Gasteiger partial charge in [0.2, 0.25) is 0 Å². The molecular formula is C20H16N2O3S. The third-order valence-electron chi connectivity index (χ3n) is 3.96. The summed E-state index contributed by atoms with van der Waals surface area (Å²) < 4.78 is 5.16. The number of amides is 2. The molecule has 2 aromatic rings. The number of imide groups is 1. The number of ether oxygens (including phenoxy) is 1. The Kier molecular flexibility index (Phi) is 5.10. The average Bonchev–Trinajstić information content (AvgIpc) is 2.92. The molecule has 0 saturated carbocycles. The fraction of sp³-hybridized carbons (Fsp3) is 0.150. The number of nitrogens with zero attached hydrogens (tertiary/aromatic N) is 2. The van der Waals surface area contributed by atoms with Crippen molar-refractivity contribution in [3.8, 4) is 11.8 Å². The molecule has 0 atom stereocenters.